The average molecular weight is 329 g/mol. The van der Waals surface area contributed by atoms with E-state index in [0.717, 1.165) is 34.1 Å². The maximum Gasteiger partial charge on any atom is 0.167 e. The number of imidazole rings is 1. The minimum Gasteiger partial charge on any atom is -0.457 e. The summed E-state index contributed by atoms with van der Waals surface area (Å²) >= 11 is 0. The van der Waals surface area contributed by atoms with Gasteiger partial charge >= 0.3 is 0 Å². The fraction of sp³-hybridized carbons (Fsp3) is 0. The minimum absolute atomic E-state index is 0.438. The lowest BCUT2D eigenvalue weighted by molar-refractivity contribution is 0.111. The average Bonchev–Trinajstić information content (AvgIpc) is 3.31. The Balaban J connectivity index is 1.70. The smallest absolute Gasteiger partial charge is 0.167 e. The van der Waals surface area contributed by atoms with Crippen molar-refractivity contribution in [3.8, 4) is 22.9 Å². The van der Waals surface area contributed by atoms with Crippen LogP contribution < -0.4 is 4.74 Å². The van der Waals surface area contributed by atoms with Gasteiger partial charge in [0.05, 0.1) is 11.9 Å². The summed E-state index contributed by atoms with van der Waals surface area (Å²) in [5.74, 6) is 2.03. The molecule has 5 heteroatoms. The van der Waals surface area contributed by atoms with E-state index in [4.69, 9.17) is 4.74 Å². The van der Waals surface area contributed by atoms with Crippen LogP contribution in [0.1, 0.15) is 16.1 Å². The van der Waals surface area contributed by atoms with Gasteiger partial charge in [-0.1, -0.05) is 24.8 Å². The number of carbonyl (C=O) groups excluding carboxylic acids is 1. The molecule has 2 heterocycles. The molecule has 0 aliphatic carbocycles. The summed E-state index contributed by atoms with van der Waals surface area (Å²) in [6.45, 7) is 3.90. The number of fused-ring (bicyclic) bond motifs is 1. The first kappa shape index (κ1) is 15.0. The Hall–Kier alpha value is -3.60. The van der Waals surface area contributed by atoms with E-state index < -0.39 is 0 Å². The predicted molar refractivity (Wildman–Crippen MR) is 97.9 cm³/mol. The van der Waals surface area contributed by atoms with Crippen molar-refractivity contribution >= 4 is 23.3 Å². The molecule has 2 N–H and O–H groups in total. The van der Waals surface area contributed by atoms with Gasteiger partial charge in [-0.3, -0.25) is 4.79 Å². The lowest BCUT2D eigenvalue weighted by Crippen LogP contribution is -1.89. The lowest BCUT2D eigenvalue weighted by Gasteiger charge is -2.11. The fourth-order valence-corrected chi connectivity index (χ4v) is 2.81. The van der Waals surface area contributed by atoms with Crippen LogP contribution >= 0.6 is 0 Å². The summed E-state index contributed by atoms with van der Waals surface area (Å²) in [6.07, 6.45) is 5.92. The van der Waals surface area contributed by atoms with Crippen LogP contribution in [-0.2, 0) is 0 Å². The van der Waals surface area contributed by atoms with Crippen LogP contribution in [0.4, 0.5) is 0 Å². The second kappa shape index (κ2) is 6.13. The Morgan fingerprint density at radius 1 is 1.16 bits per heavy atom. The highest BCUT2D eigenvalue weighted by molar-refractivity contribution is 5.91. The molecule has 5 nitrogen and oxygen atoms in total. The van der Waals surface area contributed by atoms with Crippen LogP contribution in [0.25, 0.3) is 28.4 Å². The van der Waals surface area contributed by atoms with Gasteiger partial charge in [-0.2, -0.15) is 0 Å². The molecule has 0 saturated heterocycles. The van der Waals surface area contributed by atoms with E-state index in [-0.39, 0.29) is 0 Å². The van der Waals surface area contributed by atoms with Crippen LogP contribution in [0.5, 0.6) is 11.5 Å². The van der Waals surface area contributed by atoms with E-state index >= 15 is 0 Å². The standard InChI is InChI=1S/C20H15N3O2/c1-2-16-17-8-9-21-18(17)6-7-19(16)25-15-5-3-4-13(10-15)20-22-11-14(12-24)23-20/h2-12,21H,1H2,(H,22,23). The summed E-state index contributed by atoms with van der Waals surface area (Å²) in [7, 11) is 0. The molecule has 4 aromatic rings. The third-order valence-corrected chi connectivity index (χ3v) is 4.00. The van der Waals surface area contributed by atoms with Gasteiger partial charge in [0.2, 0.25) is 0 Å². The van der Waals surface area contributed by atoms with E-state index in [1.54, 1.807) is 6.08 Å². The molecule has 0 radical (unpaired) electrons. The number of nitrogens with one attached hydrogen (secondary N) is 2. The van der Waals surface area contributed by atoms with Gasteiger partial charge in [0.25, 0.3) is 0 Å². The molecule has 0 atom stereocenters. The molecule has 0 bridgehead atoms. The molecule has 0 aliphatic rings. The molecule has 4 rings (SSSR count). The summed E-state index contributed by atoms with van der Waals surface area (Å²) in [5, 5.41) is 1.06. The van der Waals surface area contributed by atoms with Crippen molar-refractivity contribution in [3.63, 3.8) is 0 Å². The number of ether oxygens (including phenoxy) is 1. The number of aromatic amines is 2. The topological polar surface area (TPSA) is 70.8 Å². The molecule has 0 aliphatic heterocycles. The number of hydrogen-bond acceptors (Lipinski definition) is 3. The zero-order valence-corrected chi connectivity index (χ0v) is 13.3. The second-order valence-corrected chi connectivity index (χ2v) is 5.56. The maximum atomic E-state index is 10.8. The zero-order chi connectivity index (χ0) is 17.2. The normalized spacial score (nSPS) is 10.7. The molecule has 2 aromatic carbocycles. The van der Waals surface area contributed by atoms with Gasteiger partial charge in [-0.05, 0) is 30.3 Å². The van der Waals surface area contributed by atoms with Crippen molar-refractivity contribution in [1.82, 2.24) is 15.0 Å². The van der Waals surface area contributed by atoms with Crippen LogP contribution in [0.2, 0.25) is 0 Å². The van der Waals surface area contributed by atoms with Crippen molar-refractivity contribution in [2.45, 2.75) is 0 Å². The summed E-state index contributed by atoms with van der Waals surface area (Å²) in [4.78, 5) is 21.2. The second-order valence-electron chi connectivity index (χ2n) is 5.56. The number of aromatic nitrogens is 3. The van der Waals surface area contributed by atoms with Crippen molar-refractivity contribution in [3.05, 3.63) is 72.7 Å². The van der Waals surface area contributed by atoms with Gasteiger partial charge in [0.1, 0.15) is 17.3 Å². The number of hydrogen-bond donors (Lipinski definition) is 2. The van der Waals surface area contributed by atoms with Gasteiger partial charge in [-0.25, -0.2) is 4.98 Å². The highest BCUT2D eigenvalue weighted by Crippen LogP contribution is 2.33. The maximum absolute atomic E-state index is 10.8. The Bertz CT molecular complexity index is 1080. The molecule has 0 spiro atoms. The lowest BCUT2D eigenvalue weighted by atomic mass is 10.1. The third-order valence-electron chi connectivity index (χ3n) is 4.00. The minimum atomic E-state index is 0.438. The molecule has 25 heavy (non-hydrogen) atoms. The molecule has 2 aromatic heterocycles. The summed E-state index contributed by atoms with van der Waals surface area (Å²) < 4.78 is 6.08. The molecular weight excluding hydrogens is 314 g/mol. The Labute approximate surface area is 144 Å². The Morgan fingerprint density at radius 3 is 2.88 bits per heavy atom. The number of benzene rings is 2. The monoisotopic (exact) mass is 329 g/mol. The third kappa shape index (κ3) is 2.72. The fourth-order valence-electron chi connectivity index (χ4n) is 2.81. The number of rotatable bonds is 5. The molecule has 0 unspecified atom stereocenters. The van der Waals surface area contributed by atoms with E-state index in [1.165, 1.54) is 6.20 Å². The van der Waals surface area contributed by atoms with Gasteiger partial charge in [-0.15, -0.1) is 0 Å². The predicted octanol–water partition coefficient (Wildman–Crippen LogP) is 4.81. The summed E-state index contributed by atoms with van der Waals surface area (Å²) in [6, 6.07) is 13.4. The molecular formula is C20H15N3O2. The SMILES string of the molecule is C=Cc1c(Oc2cccc(-c3ncc(C=O)[nH]3)c2)ccc2[nH]ccc12. The first-order valence-corrected chi connectivity index (χ1v) is 7.79. The highest BCUT2D eigenvalue weighted by Gasteiger charge is 2.09. The van der Waals surface area contributed by atoms with Crippen molar-refractivity contribution in [1.29, 1.82) is 0 Å². The first-order valence-electron chi connectivity index (χ1n) is 7.79. The molecule has 0 saturated carbocycles. The van der Waals surface area contributed by atoms with Gasteiger partial charge in [0, 0.05) is 28.2 Å². The number of H-pyrrole nitrogens is 2. The quantitative estimate of drug-likeness (QED) is 0.516. The number of carbonyl (C=O) groups is 1. The van der Waals surface area contributed by atoms with Crippen molar-refractivity contribution in [2.75, 3.05) is 0 Å². The van der Waals surface area contributed by atoms with Crippen molar-refractivity contribution < 1.29 is 9.53 Å². The van der Waals surface area contributed by atoms with Crippen LogP contribution in [0, 0.1) is 0 Å². The van der Waals surface area contributed by atoms with Crippen LogP contribution in [0.15, 0.2) is 61.4 Å². The highest BCUT2D eigenvalue weighted by atomic mass is 16.5. The van der Waals surface area contributed by atoms with Gasteiger partial charge < -0.3 is 14.7 Å². The number of aldehydes is 1. The van der Waals surface area contributed by atoms with Crippen LogP contribution in [0.3, 0.4) is 0 Å². The Morgan fingerprint density at radius 2 is 2.08 bits per heavy atom. The van der Waals surface area contributed by atoms with E-state index in [9.17, 15) is 4.79 Å². The van der Waals surface area contributed by atoms with E-state index in [0.29, 0.717) is 17.3 Å². The van der Waals surface area contributed by atoms with Crippen molar-refractivity contribution in [2.24, 2.45) is 0 Å². The van der Waals surface area contributed by atoms with E-state index in [1.807, 2.05) is 48.7 Å². The van der Waals surface area contributed by atoms with E-state index in [2.05, 4.69) is 21.5 Å². The van der Waals surface area contributed by atoms with Crippen LogP contribution in [-0.4, -0.2) is 21.2 Å². The largest absolute Gasteiger partial charge is 0.457 e. The Kier molecular flexibility index (Phi) is 3.67. The first-order chi connectivity index (χ1) is 12.3. The molecule has 0 amide bonds. The summed E-state index contributed by atoms with van der Waals surface area (Å²) in [5.41, 5.74) is 3.25. The zero-order valence-electron chi connectivity index (χ0n) is 13.3. The molecule has 0 fully saturated rings. The number of nitrogens with zero attached hydrogens (tertiary/aromatic N) is 1. The van der Waals surface area contributed by atoms with Gasteiger partial charge in [0.15, 0.2) is 6.29 Å². The molecule has 122 valence electrons.